The molecule has 0 saturated carbocycles. The molecule has 0 radical (unpaired) electrons. The summed E-state index contributed by atoms with van der Waals surface area (Å²) in [6, 6.07) is 14.8. The zero-order valence-electron chi connectivity index (χ0n) is 16.9. The van der Waals surface area contributed by atoms with Crippen LogP contribution in [0.25, 0.3) is 0 Å². The summed E-state index contributed by atoms with van der Waals surface area (Å²) in [5.41, 5.74) is 4.13. The molecule has 1 atom stereocenters. The Labute approximate surface area is 167 Å². The second kappa shape index (κ2) is 9.66. The van der Waals surface area contributed by atoms with Crippen LogP contribution in [0, 0.1) is 6.92 Å². The normalized spacial score (nSPS) is 16.3. The lowest BCUT2D eigenvalue weighted by molar-refractivity contribution is 0.0392. The highest BCUT2D eigenvalue weighted by atomic mass is 16.6. The number of hydrogen-bond donors (Lipinski definition) is 2. The number of aryl methyl sites for hydroxylation is 1. The lowest BCUT2D eigenvalue weighted by Gasteiger charge is -2.31. The van der Waals surface area contributed by atoms with Gasteiger partial charge in [-0.15, -0.1) is 0 Å². The summed E-state index contributed by atoms with van der Waals surface area (Å²) >= 11 is 0. The van der Waals surface area contributed by atoms with E-state index in [4.69, 9.17) is 9.82 Å². The number of nitrogens with one attached hydrogen (secondary N) is 1. The predicted molar refractivity (Wildman–Crippen MR) is 113 cm³/mol. The minimum Gasteiger partial charge on any atom is -0.393 e. The van der Waals surface area contributed by atoms with Crippen molar-refractivity contribution < 1.29 is 9.94 Å². The van der Waals surface area contributed by atoms with Gasteiger partial charge in [-0.05, 0) is 24.6 Å². The summed E-state index contributed by atoms with van der Waals surface area (Å²) in [7, 11) is 0. The Morgan fingerprint density at radius 1 is 1.21 bits per heavy atom. The van der Waals surface area contributed by atoms with Gasteiger partial charge in [-0.3, -0.25) is 0 Å². The summed E-state index contributed by atoms with van der Waals surface area (Å²) in [6.45, 7) is 8.40. The van der Waals surface area contributed by atoms with Crippen molar-refractivity contribution in [3.05, 3.63) is 59.3 Å². The van der Waals surface area contributed by atoms with E-state index in [-0.39, 0.29) is 6.61 Å². The number of oxime groups is 1. The van der Waals surface area contributed by atoms with E-state index in [0.29, 0.717) is 12.6 Å². The molecule has 0 fully saturated rings. The Kier molecular flexibility index (Phi) is 7.01. The van der Waals surface area contributed by atoms with Crippen LogP contribution in [0.1, 0.15) is 37.1 Å². The summed E-state index contributed by atoms with van der Waals surface area (Å²) in [6.07, 6.45) is 0.200. The molecule has 0 aliphatic carbocycles. The number of fused-ring (bicyclic) bond motifs is 1. The number of aliphatic hydroxyl groups is 1. The Morgan fingerprint density at radius 2 is 2.00 bits per heavy atom. The van der Waals surface area contributed by atoms with Gasteiger partial charge in [0.25, 0.3) is 0 Å². The molecule has 28 heavy (non-hydrogen) atoms. The molecule has 1 aliphatic heterocycles. The van der Waals surface area contributed by atoms with E-state index in [1.165, 1.54) is 5.56 Å². The van der Waals surface area contributed by atoms with E-state index in [2.05, 4.69) is 45.7 Å². The first-order valence-electron chi connectivity index (χ1n) is 9.90. The fourth-order valence-corrected chi connectivity index (χ4v) is 3.18. The fraction of sp³-hybridized carbons (Fsp3) is 0.455. The maximum Gasteiger partial charge on any atom is 0.144 e. The van der Waals surface area contributed by atoms with E-state index >= 15 is 0 Å². The van der Waals surface area contributed by atoms with Crippen molar-refractivity contribution in [1.29, 1.82) is 0 Å². The van der Waals surface area contributed by atoms with Gasteiger partial charge in [0.05, 0.1) is 5.71 Å². The zero-order valence-corrected chi connectivity index (χ0v) is 16.9. The average Bonchev–Trinajstić information content (AvgIpc) is 2.68. The molecular formula is C22H30N4O2. The number of aromatic nitrogens is 1. The van der Waals surface area contributed by atoms with Gasteiger partial charge in [0.2, 0.25) is 0 Å². The molecule has 0 spiro atoms. The summed E-state index contributed by atoms with van der Waals surface area (Å²) in [5, 5.41) is 17.5. The highest BCUT2D eigenvalue weighted by molar-refractivity contribution is 6.06. The second-order valence-corrected chi connectivity index (χ2v) is 7.53. The molecule has 0 amide bonds. The number of benzene rings is 1. The summed E-state index contributed by atoms with van der Waals surface area (Å²) in [5.74, 6) is 0.944. The fourth-order valence-electron chi connectivity index (χ4n) is 3.18. The van der Waals surface area contributed by atoms with Gasteiger partial charge in [0.1, 0.15) is 18.5 Å². The summed E-state index contributed by atoms with van der Waals surface area (Å²) in [4.78, 5) is 12.5. The highest BCUT2D eigenvalue weighted by Crippen LogP contribution is 2.27. The topological polar surface area (TPSA) is 70.0 Å². The lowest BCUT2D eigenvalue weighted by atomic mass is 10.0. The lowest BCUT2D eigenvalue weighted by Crippen LogP contribution is -2.34. The van der Waals surface area contributed by atoms with Crippen LogP contribution in [-0.4, -0.2) is 47.6 Å². The Balaban J connectivity index is 1.69. The molecule has 2 aromatic rings. The Morgan fingerprint density at radius 3 is 2.75 bits per heavy atom. The smallest absolute Gasteiger partial charge is 0.144 e. The second-order valence-electron chi connectivity index (χ2n) is 7.53. The maximum absolute atomic E-state index is 9.99. The number of rotatable bonds is 8. The third kappa shape index (κ3) is 5.53. The van der Waals surface area contributed by atoms with Crippen molar-refractivity contribution in [3.63, 3.8) is 0 Å². The molecular weight excluding hydrogens is 352 g/mol. The maximum atomic E-state index is 9.99. The van der Waals surface area contributed by atoms with Gasteiger partial charge in [-0.1, -0.05) is 49.3 Å². The third-order valence-electron chi connectivity index (χ3n) is 4.66. The first-order valence-corrected chi connectivity index (χ1v) is 9.90. The third-order valence-corrected chi connectivity index (χ3v) is 4.66. The number of nitrogens with zero attached hydrogens (tertiary/aromatic N) is 3. The van der Waals surface area contributed by atoms with Gasteiger partial charge >= 0.3 is 0 Å². The molecule has 0 saturated heterocycles. The number of anilines is 1. The van der Waals surface area contributed by atoms with E-state index in [0.717, 1.165) is 42.3 Å². The van der Waals surface area contributed by atoms with Crippen LogP contribution in [0.15, 0.2) is 47.6 Å². The van der Waals surface area contributed by atoms with Crippen molar-refractivity contribution in [1.82, 2.24) is 10.3 Å². The van der Waals surface area contributed by atoms with Crippen LogP contribution >= 0.6 is 0 Å². The van der Waals surface area contributed by atoms with Crippen molar-refractivity contribution >= 4 is 11.5 Å². The number of hydrogen-bond acceptors (Lipinski definition) is 6. The molecule has 2 heterocycles. The Bertz CT molecular complexity index is 792. The first-order chi connectivity index (χ1) is 13.5. The molecule has 2 N–H and O–H groups in total. The van der Waals surface area contributed by atoms with Crippen molar-refractivity contribution in [3.8, 4) is 0 Å². The largest absolute Gasteiger partial charge is 0.393 e. The molecule has 6 nitrogen and oxygen atoms in total. The minimum absolute atomic E-state index is 0.172. The predicted octanol–water partition coefficient (Wildman–Crippen LogP) is 2.88. The van der Waals surface area contributed by atoms with Crippen LogP contribution in [0.5, 0.6) is 0 Å². The Hall–Kier alpha value is -2.44. The summed E-state index contributed by atoms with van der Waals surface area (Å²) < 4.78 is 0. The van der Waals surface area contributed by atoms with Crippen LogP contribution < -0.4 is 10.2 Å². The van der Waals surface area contributed by atoms with Crippen LogP contribution in [-0.2, 0) is 11.4 Å². The SMILES string of the molecule is Cc1ccc2c(n1)N(Cc1ccccc1)CC/C2=N\OCC(O)CNC(C)C. The van der Waals surface area contributed by atoms with Crippen molar-refractivity contribution in [2.75, 3.05) is 24.6 Å². The molecule has 1 aromatic carbocycles. The highest BCUT2D eigenvalue weighted by Gasteiger charge is 2.24. The van der Waals surface area contributed by atoms with Crippen LogP contribution in [0.2, 0.25) is 0 Å². The van der Waals surface area contributed by atoms with Crippen molar-refractivity contribution in [2.45, 2.75) is 45.9 Å². The first kappa shape index (κ1) is 20.3. The van der Waals surface area contributed by atoms with Gasteiger partial charge in [-0.2, -0.15) is 0 Å². The van der Waals surface area contributed by atoms with Gasteiger partial charge in [-0.25, -0.2) is 4.98 Å². The minimum atomic E-state index is -0.583. The number of pyridine rings is 1. The molecule has 1 unspecified atom stereocenters. The average molecular weight is 383 g/mol. The van der Waals surface area contributed by atoms with Crippen LogP contribution in [0.3, 0.4) is 0 Å². The molecule has 1 aliphatic rings. The molecule has 150 valence electrons. The molecule has 1 aromatic heterocycles. The standard InChI is InChI=1S/C22H30N4O2/c1-16(2)23-13-19(27)15-28-25-21-11-12-26(14-18-7-5-4-6-8-18)22-20(21)10-9-17(3)24-22/h4-10,16,19,23,27H,11-15H2,1-3H3/b25-21+. The zero-order chi connectivity index (χ0) is 19.9. The van der Waals surface area contributed by atoms with Gasteiger partial charge in [0, 0.05) is 43.4 Å². The van der Waals surface area contributed by atoms with Crippen molar-refractivity contribution in [2.24, 2.45) is 5.16 Å². The van der Waals surface area contributed by atoms with E-state index in [9.17, 15) is 5.11 Å². The molecule has 3 rings (SSSR count). The van der Waals surface area contributed by atoms with E-state index in [1.54, 1.807) is 0 Å². The molecule has 6 heteroatoms. The quantitative estimate of drug-likeness (QED) is 0.687. The van der Waals surface area contributed by atoms with E-state index < -0.39 is 6.10 Å². The number of aliphatic hydroxyl groups excluding tert-OH is 1. The van der Waals surface area contributed by atoms with Gasteiger partial charge in [0.15, 0.2) is 0 Å². The van der Waals surface area contributed by atoms with Gasteiger partial charge < -0.3 is 20.2 Å². The van der Waals surface area contributed by atoms with Crippen LogP contribution in [0.4, 0.5) is 5.82 Å². The molecule has 0 bridgehead atoms. The van der Waals surface area contributed by atoms with E-state index in [1.807, 2.05) is 32.9 Å². The monoisotopic (exact) mass is 382 g/mol.